The summed E-state index contributed by atoms with van der Waals surface area (Å²) < 4.78 is 5.57. The molecule has 1 saturated heterocycles. The van der Waals surface area contributed by atoms with E-state index in [4.69, 9.17) is 25.8 Å². The topological polar surface area (TPSA) is 149 Å². The van der Waals surface area contributed by atoms with Gasteiger partial charge in [-0.2, -0.15) is 0 Å². The number of morpholine rings is 1. The highest BCUT2D eigenvalue weighted by Gasteiger charge is 2.24. The molecule has 0 atom stereocenters. The molecule has 0 spiro atoms. The van der Waals surface area contributed by atoms with Crippen molar-refractivity contribution in [1.29, 1.82) is 5.41 Å². The molecule has 12 heteroatoms. The fraction of sp³-hybridized carbons (Fsp3) is 0.414. The van der Waals surface area contributed by atoms with Gasteiger partial charge in [0.1, 0.15) is 5.69 Å². The highest BCUT2D eigenvalue weighted by Crippen LogP contribution is 2.37. The number of aldehydes is 1. The molecule has 1 fully saturated rings. The molecule has 2 aromatic rings. The van der Waals surface area contributed by atoms with Crippen LogP contribution in [0, 0.1) is 5.41 Å². The lowest BCUT2D eigenvalue weighted by Gasteiger charge is -2.31. The Morgan fingerprint density at radius 2 is 2.00 bits per heavy atom. The predicted octanol–water partition coefficient (Wildman–Crippen LogP) is 3.24. The minimum absolute atomic E-state index is 0.368. The molecule has 1 aromatic heterocycles. The largest absolute Gasteiger partial charge is 0.398 e. The Labute approximate surface area is 241 Å². The Kier molecular flexibility index (Phi) is 12.3. The Morgan fingerprint density at radius 1 is 1.22 bits per heavy atom. The summed E-state index contributed by atoms with van der Waals surface area (Å²) in [6.07, 6.45) is 6.91. The molecule has 0 amide bonds. The fourth-order valence-electron chi connectivity index (χ4n) is 4.30. The van der Waals surface area contributed by atoms with Gasteiger partial charge in [0.05, 0.1) is 25.5 Å². The van der Waals surface area contributed by atoms with Crippen molar-refractivity contribution >= 4 is 55.2 Å². The van der Waals surface area contributed by atoms with Crippen LogP contribution in [0.3, 0.4) is 0 Å². The molecule has 1 aromatic carbocycles. The molecule has 12 nitrogen and oxygen atoms in total. The number of nitrogens with two attached hydrogens (primary N) is 1. The Balaban J connectivity index is 1.93. The maximum Gasteiger partial charge on any atom is 0.164 e. The zero-order chi connectivity index (χ0) is 29.6. The lowest BCUT2D eigenvalue weighted by Crippen LogP contribution is -2.37. The predicted molar refractivity (Wildman–Crippen MR) is 169 cm³/mol. The second-order valence-corrected chi connectivity index (χ2v) is 9.56. The zero-order valence-corrected chi connectivity index (χ0v) is 24.0. The van der Waals surface area contributed by atoms with Gasteiger partial charge < -0.3 is 25.7 Å². The fourth-order valence-corrected chi connectivity index (χ4v) is 4.30. The second kappa shape index (κ2) is 16.1. The van der Waals surface area contributed by atoms with Crippen molar-refractivity contribution < 1.29 is 9.53 Å². The van der Waals surface area contributed by atoms with E-state index in [-0.39, 0.29) is 0 Å². The van der Waals surface area contributed by atoms with Crippen molar-refractivity contribution in [1.82, 2.24) is 14.9 Å². The summed E-state index contributed by atoms with van der Waals surface area (Å²) in [5, 5.41) is 7.73. The first-order chi connectivity index (χ1) is 19.9. The number of nitrogens with one attached hydrogen (secondary N) is 1. The van der Waals surface area contributed by atoms with Crippen LogP contribution in [-0.4, -0.2) is 107 Å². The summed E-state index contributed by atoms with van der Waals surface area (Å²) >= 11 is 0. The number of hydrogen-bond acceptors (Lipinski definition) is 12. The standard InChI is InChI=1S/C29H40N10O2/c1-5-6-9-38(21-34-19-22(20-40)18-32-2)11-10-37(4)28-26(33-3)29(39-12-14-41-15-13-39)36-27(35-28)23-7-8-25(31)24(16-23)17-30/h7-8,16-20,30H,2-3,5-6,9-15,21,31H2,1,4H3/b22-18+,30-17?,34-19-. The summed E-state index contributed by atoms with van der Waals surface area (Å²) in [5.74, 6) is 1.86. The van der Waals surface area contributed by atoms with Crippen LogP contribution in [0.2, 0.25) is 0 Å². The van der Waals surface area contributed by atoms with Crippen LogP contribution in [0.4, 0.5) is 23.0 Å². The summed E-state index contributed by atoms with van der Waals surface area (Å²) in [6, 6.07) is 5.44. The Morgan fingerprint density at radius 3 is 2.66 bits per heavy atom. The van der Waals surface area contributed by atoms with Crippen molar-refractivity contribution in [3.05, 3.63) is 35.5 Å². The number of benzene rings is 1. The molecular weight excluding hydrogens is 520 g/mol. The van der Waals surface area contributed by atoms with E-state index in [1.54, 1.807) is 6.07 Å². The minimum atomic E-state index is 0.368. The van der Waals surface area contributed by atoms with Crippen LogP contribution in [-0.2, 0) is 9.53 Å². The normalized spacial score (nSPS) is 13.9. The number of likely N-dealkylation sites (N-methyl/N-ethyl adjacent to an activating group) is 1. The van der Waals surface area contributed by atoms with Gasteiger partial charge >= 0.3 is 0 Å². The van der Waals surface area contributed by atoms with Gasteiger partial charge in [0.25, 0.3) is 0 Å². The Hall–Kier alpha value is -4.29. The quantitative estimate of drug-likeness (QED) is 0.138. The molecule has 0 bridgehead atoms. The number of nitrogen functional groups attached to an aromatic ring is 1. The first-order valence-electron chi connectivity index (χ1n) is 13.6. The van der Waals surface area contributed by atoms with E-state index in [9.17, 15) is 4.79 Å². The number of ether oxygens (including phenoxy) is 1. The lowest BCUT2D eigenvalue weighted by molar-refractivity contribution is -0.104. The van der Waals surface area contributed by atoms with Gasteiger partial charge in [0, 0.05) is 68.7 Å². The van der Waals surface area contributed by atoms with Crippen molar-refractivity contribution in [2.45, 2.75) is 19.8 Å². The number of unbranched alkanes of at least 4 members (excludes halogenated alkanes) is 1. The van der Waals surface area contributed by atoms with E-state index in [1.165, 1.54) is 18.6 Å². The first kappa shape index (κ1) is 31.2. The highest BCUT2D eigenvalue weighted by atomic mass is 16.5. The highest BCUT2D eigenvalue weighted by molar-refractivity contribution is 6.01. The molecule has 0 aliphatic carbocycles. The number of aromatic nitrogens is 2. The second-order valence-electron chi connectivity index (χ2n) is 9.56. The van der Waals surface area contributed by atoms with Crippen LogP contribution in [0.15, 0.2) is 44.9 Å². The molecule has 2 heterocycles. The van der Waals surface area contributed by atoms with E-state index >= 15 is 0 Å². The van der Waals surface area contributed by atoms with E-state index in [0.29, 0.717) is 92.3 Å². The van der Waals surface area contributed by atoms with Gasteiger partial charge in [-0.05, 0) is 44.6 Å². The molecule has 3 N–H and O–H groups in total. The van der Waals surface area contributed by atoms with Gasteiger partial charge in [-0.25, -0.2) is 9.97 Å². The molecule has 1 aliphatic rings. The number of allylic oxidation sites excluding steroid dienone is 1. The van der Waals surface area contributed by atoms with Gasteiger partial charge in [0.2, 0.25) is 0 Å². The summed E-state index contributed by atoms with van der Waals surface area (Å²) in [5.41, 5.74) is 8.89. The molecule has 41 heavy (non-hydrogen) atoms. The maximum absolute atomic E-state index is 11.2. The lowest BCUT2D eigenvalue weighted by atomic mass is 10.1. The number of carbonyl (C=O) groups is 1. The van der Waals surface area contributed by atoms with Crippen LogP contribution < -0.4 is 15.5 Å². The number of aliphatic imine (C=N–C) groups is 3. The van der Waals surface area contributed by atoms with Crippen molar-refractivity contribution in [3.63, 3.8) is 0 Å². The molecule has 0 saturated carbocycles. The van der Waals surface area contributed by atoms with Crippen LogP contribution in [0.25, 0.3) is 11.4 Å². The third-order valence-electron chi connectivity index (χ3n) is 6.66. The van der Waals surface area contributed by atoms with E-state index in [2.05, 4.69) is 50.0 Å². The van der Waals surface area contributed by atoms with Crippen LogP contribution >= 0.6 is 0 Å². The zero-order valence-electron chi connectivity index (χ0n) is 24.0. The number of nitrogens with zero attached hydrogens (tertiary/aromatic N) is 8. The third kappa shape index (κ3) is 8.60. The van der Waals surface area contributed by atoms with E-state index in [0.717, 1.165) is 24.9 Å². The van der Waals surface area contributed by atoms with Gasteiger partial charge in [-0.3, -0.25) is 24.7 Å². The number of rotatable bonds is 16. The smallest absolute Gasteiger partial charge is 0.164 e. The molecule has 218 valence electrons. The number of carbonyl (C=O) groups excluding carboxylic acids is 1. The van der Waals surface area contributed by atoms with Crippen LogP contribution in [0.5, 0.6) is 0 Å². The molecule has 0 radical (unpaired) electrons. The summed E-state index contributed by atoms with van der Waals surface area (Å²) in [7, 11) is 1.97. The van der Waals surface area contributed by atoms with Gasteiger partial charge in [0.15, 0.2) is 23.7 Å². The van der Waals surface area contributed by atoms with Gasteiger partial charge in [-0.15, -0.1) is 0 Å². The first-order valence-corrected chi connectivity index (χ1v) is 13.6. The molecular formula is C29H40N10O2. The third-order valence-corrected chi connectivity index (χ3v) is 6.66. The number of anilines is 3. The van der Waals surface area contributed by atoms with E-state index in [1.807, 2.05) is 19.2 Å². The molecule has 1 aliphatic heterocycles. The molecule has 3 rings (SSSR count). The Bertz CT molecular complexity index is 1270. The SMILES string of the molecule is C=N/C=C(C=O)\C=N/CN(CCCC)CCN(C)c1nc(-c2ccc(N)c(C=N)c2)nc(N2CCOCC2)c1N=C. The number of hydrogen-bond donors (Lipinski definition) is 2. The van der Waals surface area contributed by atoms with Gasteiger partial charge in [-0.1, -0.05) is 13.3 Å². The van der Waals surface area contributed by atoms with Crippen molar-refractivity contribution in [2.24, 2.45) is 15.0 Å². The minimum Gasteiger partial charge on any atom is -0.398 e. The molecule has 0 unspecified atom stereocenters. The maximum atomic E-state index is 11.2. The van der Waals surface area contributed by atoms with Crippen molar-refractivity contribution in [2.75, 3.05) is 75.2 Å². The average Bonchev–Trinajstić information content (AvgIpc) is 3.01. The van der Waals surface area contributed by atoms with Crippen LogP contribution in [0.1, 0.15) is 25.3 Å². The van der Waals surface area contributed by atoms with Crippen molar-refractivity contribution in [3.8, 4) is 11.4 Å². The summed E-state index contributed by atoms with van der Waals surface area (Å²) in [4.78, 5) is 39.9. The average molecular weight is 561 g/mol. The summed E-state index contributed by atoms with van der Waals surface area (Å²) in [6.45, 7) is 14.6. The monoisotopic (exact) mass is 560 g/mol. The van der Waals surface area contributed by atoms with E-state index < -0.39 is 0 Å².